The fourth-order valence-electron chi connectivity index (χ4n) is 2.12. The summed E-state index contributed by atoms with van der Waals surface area (Å²) in [4.78, 5) is 12.8. The largest absolute Gasteiger partial charge is 0.352 e. The molecule has 0 radical (unpaired) electrons. The predicted octanol–water partition coefficient (Wildman–Crippen LogP) is 2.18. The van der Waals surface area contributed by atoms with Gasteiger partial charge < -0.3 is 5.32 Å². The summed E-state index contributed by atoms with van der Waals surface area (Å²) in [5.41, 5.74) is 4.12. The highest BCUT2D eigenvalue weighted by Crippen LogP contribution is 2.12. The van der Waals surface area contributed by atoms with Crippen LogP contribution in [0.4, 0.5) is 0 Å². The first-order valence-electron chi connectivity index (χ1n) is 6.51. The monoisotopic (exact) mass is 289 g/mol. The van der Waals surface area contributed by atoms with Gasteiger partial charge in [-0.2, -0.15) is 5.10 Å². The molecule has 0 aliphatic rings. The highest BCUT2D eigenvalue weighted by molar-refractivity contribution is 7.80. The average molecular weight is 289 g/mol. The van der Waals surface area contributed by atoms with Crippen molar-refractivity contribution < 1.29 is 4.79 Å². The van der Waals surface area contributed by atoms with Crippen molar-refractivity contribution in [3.63, 3.8) is 0 Å². The number of carbonyl (C=O) groups is 1. The van der Waals surface area contributed by atoms with Gasteiger partial charge in [-0.3, -0.25) is 9.48 Å². The fraction of sp³-hybridized carbons (Fsp3) is 0.333. The van der Waals surface area contributed by atoms with Gasteiger partial charge >= 0.3 is 0 Å². The molecule has 4 nitrogen and oxygen atoms in total. The molecular weight excluding hydrogens is 270 g/mol. The molecule has 0 spiro atoms. The smallest absolute Gasteiger partial charge is 0.224 e. The van der Waals surface area contributed by atoms with Gasteiger partial charge in [0.25, 0.3) is 0 Å². The van der Waals surface area contributed by atoms with Gasteiger partial charge in [-0.15, -0.1) is 12.6 Å². The zero-order chi connectivity index (χ0) is 14.7. The van der Waals surface area contributed by atoms with E-state index in [0.29, 0.717) is 13.0 Å². The molecule has 0 saturated carbocycles. The molecule has 0 bridgehead atoms. The number of hydrogen-bond donors (Lipinski definition) is 2. The molecule has 2 aromatic rings. The van der Waals surface area contributed by atoms with Gasteiger partial charge in [-0.25, -0.2) is 0 Å². The van der Waals surface area contributed by atoms with E-state index in [4.69, 9.17) is 0 Å². The minimum Gasteiger partial charge on any atom is -0.352 e. The van der Waals surface area contributed by atoms with E-state index in [-0.39, 0.29) is 5.91 Å². The summed E-state index contributed by atoms with van der Waals surface area (Å²) in [7, 11) is 1.91. The number of rotatable bonds is 4. The van der Waals surface area contributed by atoms with Crippen molar-refractivity contribution in [3.05, 3.63) is 46.8 Å². The van der Waals surface area contributed by atoms with Crippen molar-refractivity contribution in [1.29, 1.82) is 0 Å². The van der Waals surface area contributed by atoms with Crippen molar-refractivity contribution in [2.75, 3.05) is 0 Å². The first-order valence-corrected chi connectivity index (χ1v) is 6.95. The van der Waals surface area contributed by atoms with E-state index in [9.17, 15) is 4.79 Å². The van der Waals surface area contributed by atoms with Crippen molar-refractivity contribution in [1.82, 2.24) is 15.1 Å². The molecule has 1 amide bonds. The van der Waals surface area contributed by atoms with Crippen LogP contribution in [0, 0.1) is 13.8 Å². The van der Waals surface area contributed by atoms with Gasteiger partial charge in [0.15, 0.2) is 0 Å². The molecule has 106 valence electrons. The number of carbonyl (C=O) groups excluding carboxylic acids is 1. The van der Waals surface area contributed by atoms with E-state index in [2.05, 4.69) is 23.0 Å². The Hall–Kier alpha value is -1.75. The van der Waals surface area contributed by atoms with Gasteiger partial charge in [0.2, 0.25) is 5.91 Å². The molecule has 20 heavy (non-hydrogen) atoms. The minimum atomic E-state index is 0.0135. The Morgan fingerprint density at radius 2 is 1.95 bits per heavy atom. The lowest BCUT2D eigenvalue weighted by Gasteiger charge is -2.06. The molecule has 1 N–H and O–H groups in total. The zero-order valence-electron chi connectivity index (χ0n) is 12.0. The number of nitrogens with zero attached hydrogens (tertiary/aromatic N) is 2. The first kappa shape index (κ1) is 14.7. The second kappa shape index (κ2) is 6.13. The summed E-state index contributed by atoms with van der Waals surface area (Å²) in [6.07, 6.45) is 0.381. The summed E-state index contributed by atoms with van der Waals surface area (Å²) in [5, 5.41) is 7.28. The third-order valence-corrected chi connectivity index (χ3v) is 3.72. The zero-order valence-corrected chi connectivity index (χ0v) is 12.9. The number of aryl methyl sites for hydroxylation is 2. The van der Waals surface area contributed by atoms with E-state index in [1.54, 1.807) is 0 Å². The normalized spacial score (nSPS) is 10.6. The van der Waals surface area contributed by atoms with Crippen LogP contribution in [-0.4, -0.2) is 15.7 Å². The second-order valence-electron chi connectivity index (χ2n) is 4.89. The van der Waals surface area contributed by atoms with Crippen LogP contribution in [0.3, 0.4) is 0 Å². The van der Waals surface area contributed by atoms with Crippen LogP contribution in [0.25, 0.3) is 0 Å². The lowest BCUT2D eigenvalue weighted by Crippen LogP contribution is -2.25. The molecule has 2 rings (SSSR count). The molecule has 0 fully saturated rings. The lowest BCUT2D eigenvalue weighted by molar-refractivity contribution is -0.120. The Kier molecular flexibility index (Phi) is 4.49. The molecule has 0 aliphatic carbocycles. The predicted molar refractivity (Wildman–Crippen MR) is 81.9 cm³/mol. The number of aromatic nitrogens is 2. The maximum absolute atomic E-state index is 11.9. The summed E-state index contributed by atoms with van der Waals surface area (Å²) < 4.78 is 1.84. The third-order valence-electron chi connectivity index (χ3n) is 3.42. The number of amides is 1. The summed E-state index contributed by atoms with van der Waals surface area (Å²) in [6, 6.07) is 7.62. The molecular formula is C15H19N3OS. The summed E-state index contributed by atoms with van der Waals surface area (Å²) in [5.74, 6) is 0.0135. The molecule has 0 atom stereocenters. The average Bonchev–Trinajstić information content (AvgIpc) is 2.64. The quantitative estimate of drug-likeness (QED) is 0.848. The van der Waals surface area contributed by atoms with Crippen LogP contribution >= 0.6 is 12.6 Å². The number of hydrogen-bond acceptors (Lipinski definition) is 3. The number of benzene rings is 1. The fourth-order valence-corrected chi connectivity index (χ4v) is 2.27. The van der Waals surface area contributed by atoms with Crippen molar-refractivity contribution in [3.8, 4) is 0 Å². The van der Waals surface area contributed by atoms with Crippen LogP contribution in [0.2, 0.25) is 0 Å². The van der Waals surface area contributed by atoms with Crippen LogP contribution in [0.15, 0.2) is 29.2 Å². The number of nitrogens with one attached hydrogen (secondary N) is 1. The van der Waals surface area contributed by atoms with Crippen LogP contribution in [0.1, 0.15) is 22.5 Å². The van der Waals surface area contributed by atoms with Gasteiger partial charge in [0, 0.05) is 29.7 Å². The minimum absolute atomic E-state index is 0.0135. The van der Waals surface area contributed by atoms with E-state index in [1.165, 1.54) is 0 Å². The highest BCUT2D eigenvalue weighted by Gasteiger charge is 2.10. The molecule has 0 saturated heterocycles. The maximum atomic E-state index is 11.9. The summed E-state index contributed by atoms with van der Waals surface area (Å²) in [6.45, 7) is 4.49. The molecule has 0 unspecified atom stereocenters. The van der Waals surface area contributed by atoms with Crippen molar-refractivity contribution in [2.45, 2.75) is 31.7 Å². The van der Waals surface area contributed by atoms with Gasteiger partial charge in [0.05, 0.1) is 12.1 Å². The Labute approximate surface area is 124 Å². The molecule has 1 aromatic heterocycles. The Balaban J connectivity index is 1.94. The van der Waals surface area contributed by atoms with Gasteiger partial charge in [0.1, 0.15) is 0 Å². The standard InChI is InChI=1S/C15H19N3OS/c1-10-14(11(2)18(3)17-10)9-16-15(19)8-12-4-6-13(20)7-5-12/h4-7,20H,8-9H2,1-3H3,(H,16,19). The SMILES string of the molecule is Cc1nn(C)c(C)c1CNC(=O)Cc1ccc(S)cc1. The van der Waals surface area contributed by atoms with E-state index in [0.717, 1.165) is 27.4 Å². The second-order valence-corrected chi connectivity index (χ2v) is 5.41. The molecule has 5 heteroatoms. The Morgan fingerprint density at radius 3 is 2.50 bits per heavy atom. The van der Waals surface area contributed by atoms with Crippen molar-refractivity contribution in [2.24, 2.45) is 7.05 Å². The highest BCUT2D eigenvalue weighted by atomic mass is 32.1. The van der Waals surface area contributed by atoms with E-state index >= 15 is 0 Å². The molecule has 1 aromatic carbocycles. The molecule has 0 aliphatic heterocycles. The topological polar surface area (TPSA) is 46.9 Å². The Morgan fingerprint density at radius 1 is 1.30 bits per heavy atom. The Bertz CT molecular complexity index is 617. The van der Waals surface area contributed by atoms with Crippen molar-refractivity contribution >= 4 is 18.5 Å². The number of thiol groups is 1. The van der Waals surface area contributed by atoms with E-state index in [1.807, 2.05) is 49.8 Å². The lowest BCUT2D eigenvalue weighted by atomic mass is 10.1. The van der Waals surface area contributed by atoms with Crippen LogP contribution in [-0.2, 0) is 24.8 Å². The maximum Gasteiger partial charge on any atom is 0.224 e. The third kappa shape index (κ3) is 3.42. The van der Waals surface area contributed by atoms with E-state index < -0.39 is 0 Å². The van der Waals surface area contributed by atoms with Gasteiger partial charge in [-0.1, -0.05) is 12.1 Å². The van der Waals surface area contributed by atoms with Crippen LogP contribution in [0.5, 0.6) is 0 Å². The van der Waals surface area contributed by atoms with Gasteiger partial charge in [-0.05, 0) is 31.5 Å². The summed E-state index contributed by atoms with van der Waals surface area (Å²) >= 11 is 4.23. The van der Waals surface area contributed by atoms with Crippen LogP contribution < -0.4 is 5.32 Å². The first-order chi connectivity index (χ1) is 9.47. The molecule has 1 heterocycles.